The van der Waals surface area contributed by atoms with Gasteiger partial charge in [-0.25, -0.2) is 0 Å². The van der Waals surface area contributed by atoms with E-state index in [9.17, 15) is 13.2 Å². The average Bonchev–Trinajstić information content (AvgIpc) is 3.14. The number of hydrogen-bond acceptors (Lipinski definition) is 0. The molecular formula is C19H18F3N. The van der Waals surface area contributed by atoms with Crippen LogP contribution < -0.4 is 0 Å². The maximum Gasteiger partial charge on any atom is 0.418 e. The van der Waals surface area contributed by atoms with E-state index in [1.54, 1.807) is 4.57 Å². The van der Waals surface area contributed by atoms with E-state index in [-0.39, 0.29) is 5.69 Å². The Morgan fingerprint density at radius 2 is 1.83 bits per heavy atom. The Labute approximate surface area is 133 Å². The molecule has 0 bridgehead atoms. The molecule has 0 unspecified atom stereocenters. The van der Waals surface area contributed by atoms with Crippen molar-refractivity contribution in [1.82, 2.24) is 4.57 Å². The zero-order chi connectivity index (χ0) is 16.6. The summed E-state index contributed by atoms with van der Waals surface area (Å²) in [6, 6.07) is 8.97. The highest BCUT2D eigenvalue weighted by atomic mass is 19.4. The summed E-state index contributed by atoms with van der Waals surface area (Å²) in [5, 5.41) is 0. The van der Waals surface area contributed by atoms with Gasteiger partial charge in [0.1, 0.15) is 0 Å². The summed E-state index contributed by atoms with van der Waals surface area (Å²) in [6.45, 7) is 3.58. The predicted molar refractivity (Wildman–Crippen MR) is 86.6 cm³/mol. The zero-order valence-corrected chi connectivity index (χ0v) is 13.1. The van der Waals surface area contributed by atoms with Crippen LogP contribution in [0.15, 0.2) is 48.6 Å². The first kappa shape index (κ1) is 15.7. The monoisotopic (exact) mass is 317 g/mol. The SMILES string of the molecule is CCc1ccc(-n2c(C3=CC=CC3)cc(C(F)(F)F)c2C)cc1. The molecule has 1 aromatic carbocycles. The summed E-state index contributed by atoms with van der Waals surface area (Å²) in [5.41, 5.74) is 3.10. The molecule has 120 valence electrons. The average molecular weight is 317 g/mol. The molecule has 0 saturated heterocycles. The minimum absolute atomic E-state index is 0.226. The molecule has 0 fully saturated rings. The van der Waals surface area contributed by atoms with E-state index < -0.39 is 11.7 Å². The molecule has 1 aliphatic carbocycles. The van der Waals surface area contributed by atoms with Crippen LogP contribution in [0.25, 0.3) is 11.3 Å². The lowest BCUT2D eigenvalue weighted by molar-refractivity contribution is -0.138. The molecule has 1 heterocycles. The van der Waals surface area contributed by atoms with Crippen LogP contribution in [0, 0.1) is 6.92 Å². The summed E-state index contributed by atoms with van der Waals surface area (Å²) in [5.74, 6) is 0. The van der Waals surface area contributed by atoms with Gasteiger partial charge in [0, 0.05) is 17.1 Å². The largest absolute Gasteiger partial charge is 0.418 e. The maximum absolute atomic E-state index is 13.3. The maximum atomic E-state index is 13.3. The Balaban J connectivity index is 2.18. The number of benzene rings is 1. The van der Waals surface area contributed by atoms with Crippen molar-refractivity contribution in [1.29, 1.82) is 0 Å². The molecule has 1 aromatic heterocycles. The second-order valence-electron chi connectivity index (χ2n) is 5.71. The second kappa shape index (κ2) is 5.76. The molecule has 4 heteroatoms. The number of nitrogens with zero attached hydrogens (tertiary/aromatic N) is 1. The minimum Gasteiger partial charge on any atom is -0.314 e. The lowest BCUT2D eigenvalue weighted by Gasteiger charge is -2.14. The first-order chi connectivity index (χ1) is 10.9. The van der Waals surface area contributed by atoms with Gasteiger partial charge < -0.3 is 4.57 Å². The summed E-state index contributed by atoms with van der Waals surface area (Å²) in [6.07, 6.45) is 2.94. The van der Waals surface area contributed by atoms with Gasteiger partial charge in [0.15, 0.2) is 0 Å². The smallest absolute Gasteiger partial charge is 0.314 e. The van der Waals surface area contributed by atoms with Crippen molar-refractivity contribution in [3.05, 3.63) is 71.1 Å². The van der Waals surface area contributed by atoms with E-state index in [2.05, 4.69) is 6.92 Å². The summed E-state index contributed by atoms with van der Waals surface area (Å²) in [4.78, 5) is 0. The lowest BCUT2D eigenvalue weighted by Crippen LogP contribution is -2.07. The Kier molecular flexibility index (Phi) is 3.92. The molecule has 0 aliphatic heterocycles. The molecule has 23 heavy (non-hydrogen) atoms. The van der Waals surface area contributed by atoms with Crippen LogP contribution in [-0.4, -0.2) is 4.57 Å². The van der Waals surface area contributed by atoms with Gasteiger partial charge >= 0.3 is 6.18 Å². The number of aromatic nitrogens is 1. The Hall–Kier alpha value is -2.23. The third-order valence-corrected chi connectivity index (χ3v) is 4.26. The lowest BCUT2D eigenvalue weighted by atomic mass is 10.1. The number of allylic oxidation sites excluding steroid dienone is 4. The van der Waals surface area contributed by atoms with Gasteiger partial charge in [0.05, 0.1) is 5.56 Å². The van der Waals surface area contributed by atoms with Gasteiger partial charge in [-0.1, -0.05) is 37.3 Å². The molecule has 1 aliphatic rings. The zero-order valence-electron chi connectivity index (χ0n) is 13.1. The van der Waals surface area contributed by atoms with Crippen molar-refractivity contribution in [2.45, 2.75) is 32.9 Å². The quantitative estimate of drug-likeness (QED) is 0.683. The Morgan fingerprint density at radius 1 is 1.13 bits per heavy atom. The first-order valence-corrected chi connectivity index (χ1v) is 7.66. The molecule has 0 amide bonds. The van der Waals surface area contributed by atoms with Crippen molar-refractivity contribution in [3.8, 4) is 5.69 Å². The van der Waals surface area contributed by atoms with Gasteiger partial charge in [-0.05, 0) is 49.1 Å². The number of halogens is 3. The third kappa shape index (κ3) is 2.85. The number of hydrogen-bond donors (Lipinski definition) is 0. The molecule has 0 N–H and O–H groups in total. The third-order valence-electron chi connectivity index (χ3n) is 4.26. The Bertz CT molecular complexity index is 774. The molecule has 2 aromatic rings. The normalized spacial score (nSPS) is 14.4. The van der Waals surface area contributed by atoms with Crippen molar-refractivity contribution in [2.24, 2.45) is 0 Å². The van der Waals surface area contributed by atoms with E-state index in [4.69, 9.17) is 0 Å². The number of aryl methyl sites for hydroxylation is 1. The van der Waals surface area contributed by atoms with E-state index >= 15 is 0 Å². The fourth-order valence-corrected chi connectivity index (χ4v) is 2.98. The summed E-state index contributed by atoms with van der Waals surface area (Å²) >= 11 is 0. The first-order valence-electron chi connectivity index (χ1n) is 7.66. The second-order valence-corrected chi connectivity index (χ2v) is 5.71. The highest BCUT2D eigenvalue weighted by Crippen LogP contribution is 2.38. The van der Waals surface area contributed by atoms with Crippen LogP contribution in [0.1, 0.15) is 35.9 Å². The molecule has 0 radical (unpaired) electrons. The molecule has 0 spiro atoms. The predicted octanol–water partition coefficient (Wildman–Crippen LogP) is 5.71. The topological polar surface area (TPSA) is 4.93 Å². The molecule has 1 nitrogen and oxygen atoms in total. The highest BCUT2D eigenvalue weighted by molar-refractivity contribution is 5.72. The summed E-state index contributed by atoms with van der Waals surface area (Å²) in [7, 11) is 0. The van der Waals surface area contributed by atoms with Crippen LogP contribution in [0.4, 0.5) is 13.2 Å². The highest BCUT2D eigenvalue weighted by Gasteiger charge is 2.36. The van der Waals surface area contributed by atoms with Gasteiger partial charge in [0.2, 0.25) is 0 Å². The van der Waals surface area contributed by atoms with E-state index in [0.717, 1.165) is 23.2 Å². The molecular weight excluding hydrogens is 299 g/mol. The van der Waals surface area contributed by atoms with Crippen LogP contribution in [0.3, 0.4) is 0 Å². The molecule has 3 rings (SSSR count). The van der Waals surface area contributed by atoms with E-state index in [0.29, 0.717) is 12.1 Å². The van der Waals surface area contributed by atoms with Gasteiger partial charge in [-0.2, -0.15) is 13.2 Å². The number of alkyl halides is 3. The fourth-order valence-electron chi connectivity index (χ4n) is 2.98. The minimum atomic E-state index is -4.35. The van der Waals surface area contributed by atoms with E-state index in [1.807, 2.05) is 42.5 Å². The van der Waals surface area contributed by atoms with Crippen molar-refractivity contribution >= 4 is 5.57 Å². The molecule has 0 saturated carbocycles. The van der Waals surface area contributed by atoms with Crippen LogP contribution in [0.2, 0.25) is 0 Å². The van der Waals surface area contributed by atoms with Crippen molar-refractivity contribution < 1.29 is 13.2 Å². The standard InChI is InChI=1S/C19H18F3N/c1-3-14-8-10-16(11-9-14)23-13(2)17(19(20,21)22)12-18(23)15-6-4-5-7-15/h4-6,8-12H,3,7H2,1-2H3. The Morgan fingerprint density at radius 3 is 2.35 bits per heavy atom. The van der Waals surface area contributed by atoms with Crippen molar-refractivity contribution in [2.75, 3.05) is 0 Å². The molecule has 0 atom stereocenters. The van der Waals surface area contributed by atoms with Crippen LogP contribution >= 0.6 is 0 Å². The van der Waals surface area contributed by atoms with Crippen LogP contribution in [-0.2, 0) is 12.6 Å². The van der Waals surface area contributed by atoms with Crippen LogP contribution in [0.5, 0.6) is 0 Å². The van der Waals surface area contributed by atoms with Gasteiger partial charge in [0.25, 0.3) is 0 Å². The van der Waals surface area contributed by atoms with Crippen molar-refractivity contribution in [3.63, 3.8) is 0 Å². The van der Waals surface area contributed by atoms with Gasteiger partial charge in [-0.15, -0.1) is 0 Å². The van der Waals surface area contributed by atoms with E-state index in [1.165, 1.54) is 13.0 Å². The summed E-state index contributed by atoms with van der Waals surface area (Å²) < 4.78 is 41.7. The fraction of sp³-hybridized carbons (Fsp3) is 0.263. The van der Waals surface area contributed by atoms with Gasteiger partial charge in [-0.3, -0.25) is 0 Å². The number of rotatable bonds is 3.